The number of nitrogens with zero attached hydrogens (tertiary/aromatic N) is 5. The van der Waals surface area contributed by atoms with Crippen molar-refractivity contribution in [3.05, 3.63) is 350 Å². The largest absolute Gasteiger partial charge is 0.311 e. The molecule has 112 heavy (non-hydrogen) atoms. The number of para-hydroxylation sites is 5. The lowest BCUT2D eigenvalue weighted by Crippen LogP contribution is -2.61. The molecule has 0 N–H and O–H groups in total. The summed E-state index contributed by atoms with van der Waals surface area (Å²) in [7, 11) is 0. The second kappa shape index (κ2) is 25.5. The summed E-state index contributed by atoms with van der Waals surface area (Å²) in [5, 5.41) is 4.07. The van der Waals surface area contributed by atoms with Crippen LogP contribution in [0.3, 0.4) is 0 Å². The minimum atomic E-state index is -0.710. The van der Waals surface area contributed by atoms with Crippen molar-refractivity contribution in [1.82, 2.24) is 13.7 Å². The van der Waals surface area contributed by atoms with Crippen molar-refractivity contribution in [2.75, 3.05) is 9.80 Å². The summed E-state index contributed by atoms with van der Waals surface area (Å²) in [4.78, 5) is 4.67. The first-order valence-corrected chi connectivity index (χ1v) is 38.8. The Labute approximate surface area is 676 Å². The first kappa shape index (κ1) is 55.7. The molecule has 0 fully saturated rings. The van der Waals surface area contributed by atoms with Crippen LogP contribution in [-0.2, 0) is 21.7 Å². The van der Waals surface area contributed by atoms with Gasteiger partial charge in [-0.1, -0.05) is 301 Å². The van der Waals surface area contributed by atoms with Gasteiger partial charge in [0.15, 0.2) is 0 Å². The van der Waals surface area contributed by atoms with E-state index in [2.05, 4.69) is 278 Å². The van der Waals surface area contributed by atoms with Gasteiger partial charge in [-0.25, -0.2) is 0 Å². The van der Waals surface area contributed by atoms with Gasteiger partial charge in [-0.05, 0) is 214 Å². The highest BCUT2D eigenvalue weighted by Gasteiger charge is 2.45. The van der Waals surface area contributed by atoms with E-state index in [9.17, 15) is 16.4 Å². The van der Waals surface area contributed by atoms with Crippen molar-refractivity contribution >= 4 is 123 Å². The molecule has 0 spiro atoms. The summed E-state index contributed by atoms with van der Waals surface area (Å²) in [6.45, 7) is 26.3. The third-order valence-corrected chi connectivity index (χ3v) is 23.3. The quantitative estimate of drug-likeness (QED) is 0.134. The zero-order valence-electron chi connectivity index (χ0n) is 78.0. The van der Waals surface area contributed by atoms with Crippen molar-refractivity contribution in [3.63, 3.8) is 0 Å². The molecule has 0 atom stereocenters. The van der Waals surface area contributed by atoms with E-state index in [-0.39, 0.29) is 61.1 Å². The Morgan fingerprint density at radius 1 is 0.241 bits per heavy atom. The van der Waals surface area contributed by atoms with E-state index in [1.807, 2.05) is 72.8 Å². The normalized spacial score (nSPS) is 14.8. The molecule has 3 aromatic heterocycles. The van der Waals surface area contributed by atoms with Gasteiger partial charge in [0.2, 0.25) is 0 Å². The lowest BCUT2D eigenvalue weighted by atomic mass is 9.33. The van der Waals surface area contributed by atoms with E-state index >= 15 is 0 Å². The molecule has 2 aliphatic heterocycles. The fraction of sp³-hybridized carbons (Fsp3) is 0.151. The minimum Gasteiger partial charge on any atom is -0.311 e. The number of fused-ring (bicyclic) bond motifs is 13. The highest BCUT2D eigenvalue weighted by molar-refractivity contribution is 7.00. The first-order chi connectivity index (χ1) is 59.5. The summed E-state index contributed by atoms with van der Waals surface area (Å²) in [5.41, 5.74) is 22.4. The monoisotopic (exact) mass is 1460 g/mol. The molecule has 0 unspecified atom stereocenters. The van der Waals surface area contributed by atoms with Crippen LogP contribution in [-0.4, -0.2) is 20.4 Å². The molecule has 0 bridgehead atoms. The number of hydrogen-bond donors (Lipinski definition) is 0. The van der Waals surface area contributed by atoms with Gasteiger partial charge in [-0.2, -0.15) is 0 Å². The zero-order chi connectivity index (χ0) is 87.7. The van der Waals surface area contributed by atoms with Gasteiger partial charge in [0, 0.05) is 72.1 Å². The first-order valence-electron chi connectivity index (χ1n) is 45.3. The van der Waals surface area contributed by atoms with E-state index in [4.69, 9.17) is 1.37 Å². The molecular formula is C106H90BN5. The van der Waals surface area contributed by atoms with Crippen LogP contribution in [0.2, 0.25) is 0 Å². The van der Waals surface area contributed by atoms with Crippen LogP contribution in [0.25, 0.3) is 127 Å². The Balaban J connectivity index is 0.989. The van der Waals surface area contributed by atoms with Crippen molar-refractivity contribution in [3.8, 4) is 61.6 Å². The topological polar surface area (TPSA) is 21.3 Å². The lowest BCUT2D eigenvalue weighted by molar-refractivity contribution is 0.569. The third kappa shape index (κ3) is 11.1. The van der Waals surface area contributed by atoms with Crippen LogP contribution in [0, 0.1) is 0 Å². The molecule has 0 amide bonds. The summed E-state index contributed by atoms with van der Waals surface area (Å²) >= 11 is 0. The molecule has 18 aromatic rings. The molecular weight excluding hydrogens is 1350 g/mol. The molecule has 542 valence electrons. The maximum Gasteiger partial charge on any atom is 0.252 e. The van der Waals surface area contributed by atoms with Crippen LogP contribution in [0.1, 0.15) is 123 Å². The highest BCUT2D eigenvalue weighted by atomic mass is 15.2. The Hall–Kier alpha value is -12.6. The Morgan fingerprint density at radius 2 is 0.705 bits per heavy atom. The molecule has 6 heteroatoms. The number of rotatable bonds is 9. The third-order valence-electron chi connectivity index (χ3n) is 23.3. The van der Waals surface area contributed by atoms with Crippen LogP contribution < -0.4 is 26.2 Å². The maximum absolute atomic E-state index is 9.97. The van der Waals surface area contributed by atoms with Crippen LogP contribution in [0.15, 0.2) is 327 Å². The molecule has 0 saturated heterocycles. The maximum atomic E-state index is 9.97. The van der Waals surface area contributed by atoms with Crippen LogP contribution >= 0.6 is 0 Å². The summed E-state index contributed by atoms with van der Waals surface area (Å²) in [6.07, 6.45) is 0. The predicted octanol–water partition coefficient (Wildman–Crippen LogP) is 26.9. The minimum absolute atomic E-state index is 0.0294. The summed E-state index contributed by atoms with van der Waals surface area (Å²) < 4.78 is 129. The second-order valence-electron chi connectivity index (χ2n) is 34.4. The van der Waals surface area contributed by atoms with Gasteiger partial charge in [-0.3, -0.25) is 0 Å². The molecule has 5 nitrogen and oxygen atoms in total. The summed E-state index contributed by atoms with van der Waals surface area (Å²) in [5.74, 6) is 0. The smallest absolute Gasteiger partial charge is 0.252 e. The predicted molar refractivity (Wildman–Crippen MR) is 480 cm³/mol. The Bertz CT molecular complexity index is 7430. The lowest BCUT2D eigenvalue weighted by Gasteiger charge is -2.45. The van der Waals surface area contributed by atoms with Gasteiger partial charge >= 0.3 is 0 Å². The molecule has 0 saturated carbocycles. The van der Waals surface area contributed by atoms with Crippen molar-refractivity contribution in [2.24, 2.45) is 0 Å². The van der Waals surface area contributed by atoms with Crippen LogP contribution in [0.4, 0.5) is 34.1 Å². The van der Waals surface area contributed by atoms with Crippen LogP contribution in [0.5, 0.6) is 0 Å². The average Bonchev–Trinajstić information content (AvgIpc) is 1.67. The zero-order valence-corrected chi connectivity index (χ0v) is 65.0. The molecule has 15 aromatic carbocycles. The van der Waals surface area contributed by atoms with E-state index in [0.29, 0.717) is 22.6 Å². The van der Waals surface area contributed by atoms with Gasteiger partial charge in [0.05, 0.1) is 62.3 Å². The molecule has 5 heterocycles. The van der Waals surface area contributed by atoms with E-state index in [0.717, 1.165) is 139 Å². The van der Waals surface area contributed by atoms with Crippen molar-refractivity contribution in [1.29, 1.82) is 0 Å². The van der Waals surface area contributed by atoms with Gasteiger partial charge in [0.25, 0.3) is 6.71 Å². The Morgan fingerprint density at radius 3 is 1.26 bits per heavy atom. The average molecular weight is 1460 g/mol. The van der Waals surface area contributed by atoms with Crippen molar-refractivity contribution < 1.29 is 17.8 Å². The van der Waals surface area contributed by atoms with E-state index in [1.165, 1.54) is 11.1 Å². The van der Waals surface area contributed by atoms with Gasteiger partial charge in [0.1, 0.15) is 0 Å². The molecule has 0 aliphatic carbocycles. The Kier molecular flexibility index (Phi) is 12.7. The number of aromatic nitrogens is 3. The molecule has 0 radical (unpaired) electrons. The fourth-order valence-electron chi connectivity index (χ4n) is 17.5. The van der Waals surface area contributed by atoms with E-state index < -0.39 is 73.2 Å². The summed E-state index contributed by atoms with van der Waals surface area (Å²) in [6, 6.07) is 82.1. The number of anilines is 6. The SMILES string of the molecule is [2H]c1c([2H])c([2H])c(-c2ccc3c(c2)N(c2cc(-c4ccccc4)cc(-c4ccccc4)c2)c2cc(-c4cc(C(C)(C)C)cc(C(C)(C)C)c4)cc4c2B3c2ccc(-n3c5c([2H])c([2H])c([2H])c([2H])c5c5c([2H])c([2H])c([2H])c([2H])c53)cc2N4c2cccc3c4cccc(-n5c6ccc(C(C)(C)C)cc6c6cc(C(C)(C)C)ccc65)c4n(-c4ccccc4)c23)c([2H])c1[2H]. The van der Waals surface area contributed by atoms with Crippen molar-refractivity contribution in [2.45, 2.75) is 105 Å². The number of hydrogen-bond acceptors (Lipinski definition) is 2. The number of benzene rings is 15. The molecule has 2 aliphatic rings. The van der Waals surface area contributed by atoms with Gasteiger partial charge in [-0.15, -0.1) is 0 Å². The van der Waals surface area contributed by atoms with Gasteiger partial charge < -0.3 is 23.5 Å². The van der Waals surface area contributed by atoms with E-state index in [1.54, 1.807) is 4.57 Å². The standard InChI is InChI=1S/C106H90BN5/c1-103(2,3)75-48-53-92-86(64-75)87-65-76(104(4,5)6)49-54-93(87)111(92)94-45-29-41-84-85-42-30-46-95(102(85)110(101(84)94)79-37-23-16-24-38-79)112-97-66-80(108-90-43-27-25-39-82(90)83-40-26-28-44-91(83)108)50-52-89(97)107-88-51-47-70(67-31-17-13-18-32-67)60-96(88)109(81-58-71(68-33-19-14-20-34-68)55-72(59-81)69-35-21-15-22-36-69)98-61-74(62-99(112)100(98)107)73-56-77(105(7,8)9)63-78(57-73)106(10,11)12/h13-66H,1-12H3/i13D,17D,18D,25D,26D,27D,28D,31D,32D,39D,40D,43D,44D. The fourth-order valence-corrected chi connectivity index (χ4v) is 17.5. The highest BCUT2D eigenvalue weighted by Crippen LogP contribution is 2.53. The second-order valence-corrected chi connectivity index (χ2v) is 34.4. The molecule has 20 rings (SSSR count).